The monoisotopic (exact) mass is 232 g/mol. The lowest BCUT2D eigenvalue weighted by Crippen LogP contribution is -2.20. The molecule has 0 aromatic heterocycles. The molecule has 1 heterocycles. The van der Waals surface area contributed by atoms with Gasteiger partial charge in [-0.15, -0.1) is 0 Å². The summed E-state index contributed by atoms with van der Waals surface area (Å²) in [5.41, 5.74) is 1.95. The zero-order valence-electron chi connectivity index (χ0n) is 10.8. The zero-order chi connectivity index (χ0) is 12.4. The second-order valence-electron chi connectivity index (χ2n) is 5.14. The number of benzene rings is 1. The number of ether oxygens (including phenoxy) is 1. The molecular formula is C15H20O2. The van der Waals surface area contributed by atoms with Crippen LogP contribution in [0.15, 0.2) is 18.2 Å². The highest BCUT2D eigenvalue weighted by Gasteiger charge is 2.24. The van der Waals surface area contributed by atoms with E-state index in [9.17, 15) is 4.79 Å². The zero-order valence-corrected chi connectivity index (χ0v) is 10.8. The molecule has 0 saturated heterocycles. The van der Waals surface area contributed by atoms with Gasteiger partial charge >= 0.3 is 0 Å². The maximum atomic E-state index is 12.4. The van der Waals surface area contributed by atoms with E-state index in [-0.39, 0.29) is 11.7 Å². The smallest absolute Gasteiger partial charge is 0.169 e. The van der Waals surface area contributed by atoms with Gasteiger partial charge in [-0.25, -0.2) is 0 Å². The van der Waals surface area contributed by atoms with Crippen LogP contribution >= 0.6 is 0 Å². The minimum atomic E-state index is 0.0482. The second kappa shape index (κ2) is 4.91. The van der Waals surface area contributed by atoms with E-state index in [2.05, 4.69) is 19.9 Å². The molecule has 17 heavy (non-hydrogen) atoms. The van der Waals surface area contributed by atoms with Crippen LogP contribution in [0.1, 0.15) is 43.1 Å². The Hall–Kier alpha value is -1.31. The van der Waals surface area contributed by atoms with Crippen LogP contribution in [0.2, 0.25) is 0 Å². The van der Waals surface area contributed by atoms with Gasteiger partial charge in [-0.1, -0.05) is 32.9 Å². The van der Waals surface area contributed by atoms with Gasteiger partial charge in [0, 0.05) is 5.92 Å². The number of carbonyl (C=O) groups excluding carboxylic acids is 1. The molecule has 92 valence electrons. The van der Waals surface area contributed by atoms with Gasteiger partial charge in [0.05, 0.1) is 12.2 Å². The van der Waals surface area contributed by atoms with Gasteiger partial charge in [0.25, 0.3) is 0 Å². The average Bonchev–Trinajstić information content (AvgIpc) is 2.36. The molecule has 1 aliphatic rings. The molecule has 1 atom stereocenters. The first-order valence-electron chi connectivity index (χ1n) is 6.40. The average molecular weight is 232 g/mol. The molecule has 1 aromatic rings. The summed E-state index contributed by atoms with van der Waals surface area (Å²) in [6, 6.07) is 5.92. The molecule has 0 bridgehead atoms. The third-order valence-corrected chi connectivity index (χ3v) is 3.61. The van der Waals surface area contributed by atoms with Crippen molar-refractivity contribution in [3.8, 4) is 5.75 Å². The standard InChI is InChI=1S/C15H20O2/c1-10(2)11(3)14(16)13-8-4-6-12-7-5-9-17-15(12)13/h4,6,8,10-11H,5,7,9H2,1-3H3. The van der Waals surface area contributed by atoms with Crippen molar-refractivity contribution in [2.24, 2.45) is 11.8 Å². The van der Waals surface area contributed by atoms with Crippen molar-refractivity contribution < 1.29 is 9.53 Å². The summed E-state index contributed by atoms with van der Waals surface area (Å²) in [6.07, 6.45) is 2.07. The number of fused-ring (bicyclic) bond motifs is 1. The van der Waals surface area contributed by atoms with E-state index < -0.39 is 0 Å². The highest BCUT2D eigenvalue weighted by atomic mass is 16.5. The van der Waals surface area contributed by atoms with Crippen LogP contribution in [-0.2, 0) is 6.42 Å². The quantitative estimate of drug-likeness (QED) is 0.746. The maximum Gasteiger partial charge on any atom is 0.169 e. The van der Waals surface area contributed by atoms with Crippen LogP contribution in [0, 0.1) is 11.8 Å². The van der Waals surface area contributed by atoms with Gasteiger partial charge in [0.15, 0.2) is 5.78 Å². The first kappa shape index (κ1) is 12.2. The highest BCUT2D eigenvalue weighted by Crippen LogP contribution is 2.31. The number of Topliss-reactive ketones (excluding diaryl/α,β-unsaturated/α-hetero) is 1. The number of para-hydroxylation sites is 1. The van der Waals surface area contributed by atoms with Gasteiger partial charge in [0.2, 0.25) is 0 Å². The Morgan fingerprint density at radius 2 is 2.06 bits per heavy atom. The first-order chi connectivity index (χ1) is 8.11. The molecule has 0 radical (unpaired) electrons. The van der Waals surface area contributed by atoms with Gasteiger partial charge in [-0.3, -0.25) is 4.79 Å². The van der Waals surface area contributed by atoms with Crippen molar-refractivity contribution in [2.75, 3.05) is 6.61 Å². The van der Waals surface area contributed by atoms with Crippen LogP contribution in [0.25, 0.3) is 0 Å². The molecule has 1 aromatic carbocycles. The molecule has 1 aliphatic heterocycles. The van der Waals surface area contributed by atoms with Gasteiger partial charge in [0.1, 0.15) is 5.75 Å². The fourth-order valence-corrected chi connectivity index (χ4v) is 2.13. The van der Waals surface area contributed by atoms with E-state index in [0.29, 0.717) is 5.92 Å². The highest BCUT2D eigenvalue weighted by molar-refractivity contribution is 6.00. The molecule has 0 saturated carbocycles. The van der Waals surface area contributed by atoms with Gasteiger partial charge < -0.3 is 4.74 Å². The van der Waals surface area contributed by atoms with Gasteiger partial charge in [-0.2, -0.15) is 0 Å². The molecule has 1 unspecified atom stereocenters. The van der Waals surface area contributed by atoms with Crippen molar-refractivity contribution in [3.05, 3.63) is 29.3 Å². The van der Waals surface area contributed by atoms with Crippen LogP contribution in [0.3, 0.4) is 0 Å². The predicted octanol–water partition coefficient (Wildman–Crippen LogP) is 3.49. The normalized spacial score (nSPS) is 16.2. The number of carbonyl (C=O) groups is 1. The lowest BCUT2D eigenvalue weighted by molar-refractivity contribution is 0.0894. The van der Waals surface area contributed by atoms with Crippen molar-refractivity contribution in [1.29, 1.82) is 0 Å². The minimum absolute atomic E-state index is 0.0482. The van der Waals surface area contributed by atoms with Crippen LogP contribution in [0.4, 0.5) is 0 Å². The van der Waals surface area contributed by atoms with Gasteiger partial charge in [-0.05, 0) is 30.4 Å². The van der Waals surface area contributed by atoms with E-state index >= 15 is 0 Å². The van der Waals surface area contributed by atoms with Crippen LogP contribution in [-0.4, -0.2) is 12.4 Å². The summed E-state index contributed by atoms with van der Waals surface area (Å²) < 4.78 is 5.68. The topological polar surface area (TPSA) is 26.3 Å². The second-order valence-corrected chi connectivity index (χ2v) is 5.14. The Morgan fingerprint density at radius 3 is 2.76 bits per heavy atom. The summed E-state index contributed by atoms with van der Waals surface area (Å²) in [5.74, 6) is 1.45. The lowest BCUT2D eigenvalue weighted by atomic mass is 9.88. The Labute approximate surface area is 103 Å². The molecule has 0 fully saturated rings. The van der Waals surface area contributed by atoms with E-state index in [1.54, 1.807) is 0 Å². The number of aryl methyl sites for hydroxylation is 1. The number of hydrogen-bond donors (Lipinski definition) is 0. The fourth-order valence-electron chi connectivity index (χ4n) is 2.13. The van der Waals surface area contributed by atoms with E-state index in [0.717, 1.165) is 30.8 Å². The summed E-state index contributed by atoms with van der Waals surface area (Å²) >= 11 is 0. The fraction of sp³-hybridized carbons (Fsp3) is 0.533. The molecular weight excluding hydrogens is 212 g/mol. The third kappa shape index (κ3) is 2.36. The molecule has 2 nitrogen and oxygen atoms in total. The SMILES string of the molecule is CC(C)C(C)C(=O)c1cccc2c1OCCC2. The summed E-state index contributed by atoms with van der Waals surface area (Å²) in [7, 11) is 0. The Kier molecular flexibility index (Phi) is 3.51. The molecule has 0 spiro atoms. The van der Waals surface area contributed by atoms with Crippen molar-refractivity contribution >= 4 is 5.78 Å². The van der Waals surface area contributed by atoms with E-state index in [4.69, 9.17) is 4.74 Å². The Bertz CT molecular complexity index is 421. The van der Waals surface area contributed by atoms with E-state index in [1.165, 1.54) is 5.56 Å². The lowest BCUT2D eigenvalue weighted by Gasteiger charge is -2.22. The summed E-state index contributed by atoms with van der Waals surface area (Å²) in [4.78, 5) is 12.4. The number of rotatable bonds is 3. The summed E-state index contributed by atoms with van der Waals surface area (Å²) in [6.45, 7) is 6.89. The summed E-state index contributed by atoms with van der Waals surface area (Å²) in [5, 5.41) is 0. The molecule has 2 rings (SSSR count). The molecule has 0 aliphatic carbocycles. The molecule has 0 amide bonds. The van der Waals surface area contributed by atoms with Crippen LogP contribution in [0.5, 0.6) is 5.75 Å². The van der Waals surface area contributed by atoms with Crippen molar-refractivity contribution in [2.45, 2.75) is 33.6 Å². The van der Waals surface area contributed by atoms with E-state index in [1.807, 2.05) is 19.1 Å². The Morgan fingerprint density at radius 1 is 1.29 bits per heavy atom. The van der Waals surface area contributed by atoms with Crippen LogP contribution < -0.4 is 4.74 Å². The minimum Gasteiger partial charge on any atom is -0.493 e. The Balaban J connectivity index is 2.35. The maximum absolute atomic E-state index is 12.4. The number of ketones is 1. The predicted molar refractivity (Wildman–Crippen MR) is 68.6 cm³/mol. The molecule has 2 heteroatoms. The number of hydrogen-bond acceptors (Lipinski definition) is 2. The first-order valence-corrected chi connectivity index (χ1v) is 6.40. The third-order valence-electron chi connectivity index (χ3n) is 3.61. The van der Waals surface area contributed by atoms with Crippen molar-refractivity contribution in [1.82, 2.24) is 0 Å². The molecule has 0 N–H and O–H groups in total. The largest absolute Gasteiger partial charge is 0.493 e. The van der Waals surface area contributed by atoms with Crippen molar-refractivity contribution in [3.63, 3.8) is 0 Å².